The molecule has 0 spiro atoms. The lowest BCUT2D eigenvalue weighted by Gasteiger charge is -2.12. The summed E-state index contributed by atoms with van der Waals surface area (Å²) in [5.74, 6) is -0.378. The molecule has 0 saturated heterocycles. The summed E-state index contributed by atoms with van der Waals surface area (Å²) in [6, 6.07) is 7.28. The van der Waals surface area contributed by atoms with E-state index in [1.54, 1.807) is 18.2 Å². The van der Waals surface area contributed by atoms with Gasteiger partial charge in [-0.15, -0.1) is 0 Å². The maximum absolute atomic E-state index is 12.2. The highest BCUT2D eigenvalue weighted by Crippen LogP contribution is 2.22. The molecule has 0 N–H and O–H groups in total. The Morgan fingerprint density at radius 3 is 2.65 bits per heavy atom. The fourth-order valence-corrected chi connectivity index (χ4v) is 1.91. The first-order valence-electron chi connectivity index (χ1n) is 5.65. The van der Waals surface area contributed by atoms with Crippen molar-refractivity contribution in [3.63, 3.8) is 0 Å². The largest absolute Gasteiger partial charge is 0.293 e. The molecule has 0 fully saturated rings. The Balaban J connectivity index is 3.02. The lowest BCUT2D eigenvalue weighted by atomic mass is 9.89. The molecule has 3 heteroatoms. The van der Waals surface area contributed by atoms with Gasteiger partial charge in [-0.3, -0.25) is 4.79 Å². The van der Waals surface area contributed by atoms with E-state index in [-0.39, 0.29) is 5.78 Å². The van der Waals surface area contributed by atoms with Crippen LogP contribution in [0.3, 0.4) is 0 Å². The van der Waals surface area contributed by atoms with Crippen molar-refractivity contribution in [3.8, 4) is 6.07 Å². The van der Waals surface area contributed by atoms with Gasteiger partial charge in [0.25, 0.3) is 0 Å². The first-order chi connectivity index (χ1) is 7.95. The van der Waals surface area contributed by atoms with E-state index >= 15 is 0 Å². The first kappa shape index (κ1) is 13.7. The zero-order valence-corrected chi connectivity index (χ0v) is 11.1. The van der Waals surface area contributed by atoms with E-state index in [1.807, 2.05) is 20.8 Å². The van der Waals surface area contributed by atoms with Crippen LogP contribution in [0.5, 0.6) is 0 Å². The summed E-state index contributed by atoms with van der Waals surface area (Å²) in [5, 5.41) is 9.59. The number of nitriles is 1. The molecule has 2 nitrogen and oxygen atoms in total. The van der Waals surface area contributed by atoms with Gasteiger partial charge in [-0.25, -0.2) is 0 Å². The van der Waals surface area contributed by atoms with Gasteiger partial charge in [-0.05, 0) is 37.0 Å². The van der Waals surface area contributed by atoms with E-state index < -0.39 is 5.92 Å². The van der Waals surface area contributed by atoms with Gasteiger partial charge in [0.05, 0.1) is 6.07 Å². The Hall–Kier alpha value is -1.33. The summed E-state index contributed by atoms with van der Waals surface area (Å²) in [6.07, 6.45) is 0.585. The quantitative estimate of drug-likeness (QED) is 0.757. The average molecular weight is 250 g/mol. The van der Waals surface area contributed by atoms with Crippen LogP contribution in [0.2, 0.25) is 5.02 Å². The van der Waals surface area contributed by atoms with Crippen LogP contribution in [-0.4, -0.2) is 5.78 Å². The highest BCUT2D eigenvalue weighted by atomic mass is 35.5. The molecule has 1 atom stereocenters. The number of hydrogen-bond acceptors (Lipinski definition) is 2. The van der Waals surface area contributed by atoms with Gasteiger partial charge >= 0.3 is 0 Å². The van der Waals surface area contributed by atoms with Gasteiger partial charge < -0.3 is 0 Å². The minimum atomic E-state index is -0.577. The summed E-state index contributed by atoms with van der Waals surface area (Å²) in [5.41, 5.74) is 1.42. The van der Waals surface area contributed by atoms with Crippen LogP contribution in [0.4, 0.5) is 0 Å². The van der Waals surface area contributed by atoms with Gasteiger partial charge in [0, 0.05) is 10.6 Å². The molecule has 0 aliphatic heterocycles. The highest BCUT2D eigenvalue weighted by Gasteiger charge is 2.22. The average Bonchev–Trinajstić information content (AvgIpc) is 2.28. The summed E-state index contributed by atoms with van der Waals surface area (Å²) >= 11 is 5.88. The van der Waals surface area contributed by atoms with Crippen LogP contribution in [0.25, 0.3) is 0 Å². The number of nitrogens with zero attached hydrogens (tertiary/aromatic N) is 1. The number of carbonyl (C=O) groups is 1. The zero-order chi connectivity index (χ0) is 13.0. The summed E-state index contributed by atoms with van der Waals surface area (Å²) in [4.78, 5) is 12.2. The van der Waals surface area contributed by atoms with Gasteiger partial charge in [0.2, 0.25) is 0 Å². The van der Waals surface area contributed by atoms with Crippen LogP contribution >= 0.6 is 11.6 Å². The number of aryl methyl sites for hydroxylation is 1. The Morgan fingerprint density at radius 2 is 2.12 bits per heavy atom. The normalized spacial score (nSPS) is 12.2. The maximum Gasteiger partial charge on any atom is 0.180 e. The van der Waals surface area contributed by atoms with Crippen molar-refractivity contribution in [2.75, 3.05) is 0 Å². The molecule has 0 saturated carbocycles. The molecule has 17 heavy (non-hydrogen) atoms. The minimum absolute atomic E-state index is 0.124. The lowest BCUT2D eigenvalue weighted by molar-refractivity contribution is 0.0936. The zero-order valence-electron chi connectivity index (χ0n) is 10.3. The number of rotatable bonds is 4. The second kappa shape index (κ2) is 5.84. The Morgan fingerprint density at radius 1 is 1.47 bits per heavy atom. The predicted molar refractivity (Wildman–Crippen MR) is 69.1 cm³/mol. The van der Waals surface area contributed by atoms with Crippen LogP contribution in [-0.2, 0) is 0 Å². The van der Waals surface area contributed by atoms with Crippen LogP contribution in [0.1, 0.15) is 36.2 Å². The third kappa shape index (κ3) is 3.57. The molecule has 0 aliphatic carbocycles. The first-order valence-corrected chi connectivity index (χ1v) is 6.03. The summed E-state index contributed by atoms with van der Waals surface area (Å²) < 4.78 is 0. The lowest BCUT2D eigenvalue weighted by Crippen LogP contribution is -2.16. The number of carbonyl (C=O) groups excluding carboxylic acids is 1. The maximum atomic E-state index is 12.2. The van der Waals surface area contributed by atoms with Gasteiger partial charge in [-0.1, -0.05) is 31.5 Å². The van der Waals surface area contributed by atoms with Crippen LogP contribution < -0.4 is 0 Å². The Kier molecular flexibility index (Phi) is 4.72. The number of Topliss-reactive ketones (excluding diaryl/α,β-unsaturated/α-hetero) is 1. The molecule has 0 heterocycles. The third-order valence-corrected chi connectivity index (χ3v) is 2.88. The molecule has 0 aromatic heterocycles. The monoisotopic (exact) mass is 249 g/mol. The number of hydrogen-bond donors (Lipinski definition) is 0. The van der Waals surface area contributed by atoms with E-state index in [1.165, 1.54) is 0 Å². The minimum Gasteiger partial charge on any atom is -0.293 e. The predicted octanol–water partition coefficient (Wildman–Crippen LogP) is 4.02. The summed E-state index contributed by atoms with van der Waals surface area (Å²) in [7, 11) is 0. The van der Waals surface area contributed by atoms with Crippen molar-refractivity contribution in [3.05, 3.63) is 34.3 Å². The molecule has 90 valence electrons. The number of halogens is 1. The van der Waals surface area contributed by atoms with Crippen LogP contribution in [0.15, 0.2) is 18.2 Å². The van der Waals surface area contributed by atoms with E-state index in [0.717, 1.165) is 5.56 Å². The SMILES string of the molecule is Cc1ccc(Cl)cc1C(=O)C(C#N)CC(C)C. The molecule has 0 radical (unpaired) electrons. The van der Waals surface area contributed by atoms with E-state index in [4.69, 9.17) is 16.9 Å². The molecular formula is C14H16ClNO. The topological polar surface area (TPSA) is 40.9 Å². The fourth-order valence-electron chi connectivity index (χ4n) is 1.74. The molecular weight excluding hydrogens is 234 g/mol. The number of ketones is 1. The fraction of sp³-hybridized carbons (Fsp3) is 0.429. The van der Waals surface area contributed by atoms with Crippen molar-refractivity contribution >= 4 is 17.4 Å². The smallest absolute Gasteiger partial charge is 0.180 e. The second-order valence-corrected chi connectivity index (χ2v) is 5.07. The van der Waals surface area contributed by atoms with Crippen molar-refractivity contribution < 1.29 is 4.79 Å². The van der Waals surface area contributed by atoms with Gasteiger partial charge in [0.1, 0.15) is 5.92 Å². The molecule has 1 rings (SSSR count). The molecule has 0 amide bonds. The molecule has 1 aromatic rings. The van der Waals surface area contributed by atoms with E-state index in [2.05, 4.69) is 6.07 Å². The second-order valence-electron chi connectivity index (χ2n) is 4.63. The van der Waals surface area contributed by atoms with Crippen molar-refractivity contribution in [2.24, 2.45) is 11.8 Å². The van der Waals surface area contributed by atoms with Crippen molar-refractivity contribution in [1.29, 1.82) is 5.26 Å². The van der Waals surface area contributed by atoms with Crippen molar-refractivity contribution in [1.82, 2.24) is 0 Å². The molecule has 1 unspecified atom stereocenters. The molecule has 1 aromatic carbocycles. The Bertz CT molecular complexity index is 460. The molecule has 0 bridgehead atoms. The van der Waals surface area contributed by atoms with E-state index in [9.17, 15) is 4.79 Å². The van der Waals surface area contributed by atoms with Crippen molar-refractivity contribution in [2.45, 2.75) is 27.2 Å². The molecule has 0 aliphatic rings. The van der Waals surface area contributed by atoms with Gasteiger partial charge in [-0.2, -0.15) is 5.26 Å². The van der Waals surface area contributed by atoms with E-state index in [0.29, 0.717) is 22.9 Å². The third-order valence-electron chi connectivity index (χ3n) is 2.64. The summed E-state index contributed by atoms with van der Waals surface area (Å²) in [6.45, 7) is 5.86. The highest BCUT2D eigenvalue weighted by molar-refractivity contribution is 6.31. The van der Waals surface area contributed by atoms with Gasteiger partial charge in [0.15, 0.2) is 5.78 Å². The Labute approximate surface area is 107 Å². The van der Waals surface area contributed by atoms with Crippen LogP contribution in [0, 0.1) is 30.1 Å². The standard InChI is InChI=1S/C14H16ClNO/c1-9(2)6-11(8-16)14(17)13-7-12(15)5-4-10(13)3/h4-5,7,9,11H,6H2,1-3H3. The number of benzene rings is 1.